The van der Waals surface area contributed by atoms with E-state index in [1.807, 2.05) is 82.5 Å². The Morgan fingerprint density at radius 1 is 1.07 bits per heavy atom. The van der Waals surface area contributed by atoms with Crippen molar-refractivity contribution in [1.82, 2.24) is 14.8 Å². The summed E-state index contributed by atoms with van der Waals surface area (Å²) in [6.45, 7) is 5.85. The molecule has 0 spiro atoms. The van der Waals surface area contributed by atoms with Crippen LogP contribution in [-0.2, 0) is 7.05 Å². The minimum Gasteiger partial charge on any atom is -0.439 e. The zero-order valence-corrected chi connectivity index (χ0v) is 17.0. The molecule has 0 radical (unpaired) electrons. The first-order chi connectivity index (χ1) is 14.0. The van der Waals surface area contributed by atoms with E-state index in [9.17, 15) is 4.79 Å². The fraction of sp³-hybridized carbons (Fsp3) is 0.174. The van der Waals surface area contributed by atoms with Crippen molar-refractivity contribution in [3.8, 4) is 22.9 Å². The van der Waals surface area contributed by atoms with Gasteiger partial charge in [-0.05, 0) is 42.8 Å². The lowest BCUT2D eigenvalue weighted by Gasteiger charge is -2.09. The van der Waals surface area contributed by atoms with Crippen LogP contribution in [0.25, 0.3) is 22.2 Å². The Labute approximate surface area is 169 Å². The predicted molar refractivity (Wildman–Crippen MR) is 115 cm³/mol. The Morgan fingerprint density at radius 3 is 2.59 bits per heavy atom. The maximum Gasteiger partial charge on any atom is 0.248 e. The zero-order chi connectivity index (χ0) is 21.0. The van der Waals surface area contributed by atoms with Gasteiger partial charge in [-0.1, -0.05) is 26.0 Å². The normalized spacial score (nSPS) is 10.3. The second kappa shape index (κ2) is 8.56. The first-order valence-corrected chi connectivity index (χ1v) is 9.49. The maximum atomic E-state index is 11.4. The fourth-order valence-electron chi connectivity index (χ4n) is 3.04. The number of fused-ring (bicyclic) bond motifs is 1. The van der Waals surface area contributed by atoms with Gasteiger partial charge in [-0.15, -0.1) is 0 Å². The third kappa shape index (κ3) is 4.27. The van der Waals surface area contributed by atoms with E-state index in [1.54, 1.807) is 10.7 Å². The number of nitrogens with two attached hydrogens (primary N) is 1. The summed E-state index contributed by atoms with van der Waals surface area (Å²) in [5.74, 6) is 0.747. The molecular weight excluding hydrogens is 364 g/mol. The fourth-order valence-corrected chi connectivity index (χ4v) is 3.04. The number of nitrogens with zero attached hydrogens (tertiary/aromatic N) is 3. The van der Waals surface area contributed by atoms with Crippen molar-refractivity contribution in [3.05, 3.63) is 71.9 Å². The van der Waals surface area contributed by atoms with Crippen LogP contribution in [0.3, 0.4) is 0 Å². The average molecular weight is 388 g/mol. The van der Waals surface area contributed by atoms with Crippen LogP contribution in [-0.4, -0.2) is 20.7 Å². The van der Waals surface area contributed by atoms with Crippen LogP contribution in [0.15, 0.2) is 60.8 Å². The van der Waals surface area contributed by atoms with E-state index in [0.717, 1.165) is 27.7 Å². The van der Waals surface area contributed by atoms with Gasteiger partial charge in [0.25, 0.3) is 0 Å². The number of carbonyl (C=O) groups is 1. The van der Waals surface area contributed by atoms with E-state index < -0.39 is 5.91 Å². The van der Waals surface area contributed by atoms with Crippen LogP contribution >= 0.6 is 0 Å². The van der Waals surface area contributed by atoms with Crippen LogP contribution in [0.1, 0.15) is 29.8 Å². The number of hydrogen-bond acceptors (Lipinski definition) is 4. The molecule has 6 heteroatoms. The van der Waals surface area contributed by atoms with E-state index in [4.69, 9.17) is 10.5 Å². The third-order valence-electron chi connectivity index (χ3n) is 4.45. The highest BCUT2D eigenvalue weighted by Gasteiger charge is 2.09. The first kappa shape index (κ1) is 20.1. The highest BCUT2D eigenvalue weighted by molar-refractivity contribution is 5.94. The van der Waals surface area contributed by atoms with Gasteiger partial charge < -0.3 is 10.5 Å². The molecule has 0 aliphatic rings. The van der Waals surface area contributed by atoms with Gasteiger partial charge in [0.15, 0.2) is 0 Å². The summed E-state index contributed by atoms with van der Waals surface area (Å²) in [7, 11) is 1.89. The van der Waals surface area contributed by atoms with Crippen molar-refractivity contribution in [2.45, 2.75) is 20.8 Å². The Morgan fingerprint density at radius 2 is 1.86 bits per heavy atom. The highest BCUT2D eigenvalue weighted by atomic mass is 16.5. The number of benzene rings is 2. The van der Waals surface area contributed by atoms with E-state index >= 15 is 0 Å². The van der Waals surface area contributed by atoms with Crippen molar-refractivity contribution in [2.75, 3.05) is 0 Å². The van der Waals surface area contributed by atoms with Crippen LogP contribution in [0, 0.1) is 6.92 Å². The number of rotatable bonds is 4. The summed E-state index contributed by atoms with van der Waals surface area (Å²) < 4.78 is 7.74. The van der Waals surface area contributed by atoms with Gasteiger partial charge >= 0.3 is 0 Å². The Kier molecular flexibility index (Phi) is 5.93. The second-order valence-corrected chi connectivity index (χ2v) is 6.35. The molecule has 0 atom stereocenters. The van der Waals surface area contributed by atoms with Crippen LogP contribution in [0.4, 0.5) is 0 Å². The molecule has 0 fully saturated rings. The number of pyridine rings is 1. The third-order valence-corrected chi connectivity index (χ3v) is 4.45. The predicted octanol–water partition coefficient (Wildman–Crippen LogP) is 4.86. The van der Waals surface area contributed by atoms with Gasteiger partial charge in [-0.25, -0.2) is 4.98 Å². The number of amides is 1. The summed E-state index contributed by atoms with van der Waals surface area (Å²) in [4.78, 5) is 16.0. The minimum atomic E-state index is -0.436. The first-order valence-electron chi connectivity index (χ1n) is 9.49. The van der Waals surface area contributed by atoms with E-state index in [2.05, 4.69) is 10.1 Å². The van der Waals surface area contributed by atoms with Gasteiger partial charge in [0.2, 0.25) is 11.8 Å². The van der Waals surface area contributed by atoms with Gasteiger partial charge in [0.1, 0.15) is 5.75 Å². The Balaban J connectivity index is 0.00000117. The number of aryl methyl sites for hydroxylation is 2. The summed E-state index contributed by atoms with van der Waals surface area (Å²) in [5.41, 5.74) is 9.34. The molecule has 0 aliphatic heterocycles. The molecule has 0 aliphatic carbocycles. The molecule has 1 amide bonds. The molecule has 0 saturated carbocycles. The molecule has 2 N–H and O–H groups in total. The van der Waals surface area contributed by atoms with E-state index in [0.29, 0.717) is 17.2 Å². The summed E-state index contributed by atoms with van der Waals surface area (Å²) in [6.07, 6.45) is 1.82. The molecule has 2 aromatic carbocycles. The number of carbonyl (C=O) groups excluding carboxylic acids is 1. The number of ether oxygens (including phenoxy) is 1. The molecule has 0 unspecified atom stereocenters. The van der Waals surface area contributed by atoms with Crippen molar-refractivity contribution in [1.29, 1.82) is 0 Å². The van der Waals surface area contributed by atoms with Gasteiger partial charge in [0.05, 0.1) is 17.4 Å². The Bertz CT molecular complexity index is 1160. The standard InChI is InChI=1S/C21H18N4O2.C2H6/c1-13-10-14(7-9-17(13)21(22)26)18-4-3-5-20(24-18)27-16-8-6-15-12-23-25(2)19(15)11-16;1-2/h3-12H,1-2H3,(H2,22,26);1-2H3. The van der Waals surface area contributed by atoms with Crippen molar-refractivity contribution in [2.24, 2.45) is 12.8 Å². The largest absolute Gasteiger partial charge is 0.439 e. The van der Waals surface area contributed by atoms with Crippen molar-refractivity contribution < 1.29 is 9.53 Å². The van der Waals surface area contributed by atoms with Crippen molar-refractivity contribution in [3.63, 3.8) is 0 Å². The van der Waals surface area contributed by atoms with Crippen LogP contribution in [0.5, 0.6) is 11.6 Å². The SMILES string of the molecule is CC.Cc1cc(-c2cccc(Oc3ccc4cnn(C)c4c3)n2)ccc1C(N)=O. The smallest absolute Gasteiger partial charge is 0.248 e. The van der Waals surface area contributed by atoms with Crippen molar-refractivity contribution >= 4 is 16.8 Å². The van der Waals surface area contributed by atoms with E-state index in [-0.39, 0.29) is 0 Å². The summed E-state index contributed by atoms with van der Waals surface area (Å²) >= 11 is 0. The molecule has 29 heavy (non-hydrogen) atoms. The lowest BCUT2D eigenvalue weighted by molar-refractivity contribution is 0.0999. The number of hydrogen-bond donors (Lipinski definition) is 1. The highest BCUT2D eigenvalue weighted by Crippen LogP contribution is 2.27. The molecule has 0 bridgehead atoms. The topological polar surface area (TPSA) is 83.0 Å². The molecule has 2 aromatic heterocycles. The zero-order valence-electron chi connectivity index (χ0n) is 17.0. The maximum absolute atomic E-state index is 11.4. The Hall–Kier alpha value is -3.67. The van der Waals surface area contributed by atoms with E-state index in [1.165, 1.54) is 0 Å². The van der Waals surface area contributed by atoms with Gasteiger partial charge in [-0.3, -0.25) is 9.48 Å². The van der Waals surface area contributed by atoms with Gasteiger partial charge in [-0.2, -0.15) is 5.10 Å². The molecule has 2 heterocycles. The molecule has 148 valence electrons. The van der Waals surface area contributed by atoms with Crippen LogP contribution < -0.4 is 10.5 Å². The summed E-state index contributed by atoms with van der Waals surface area (Å²) in [5, 5.41) is 5.29. The quantitative estimate of drug-likeness (QED) is 0.541. The monoisotopic (exact) mass is 388 g/mol. The minimum absolute atomic E-state index is 0.436. The van der Waals surface area contributed by atoms with Crippen LogP contribution in [0.2, 0.25) is 0 Å². The molecule has 4 aromatic rings. The average Bonchev–Trinajstić information content (AvgIpc) is 3.10. The summed E-state index contributed by atoms with van der Waals surface area (Å²) in [6, 6.07) is 16.8. The molecule has 6 nitrogen and oxygen atoms in total. The number of primary amides is 1. The number of aromatic nitrogens is 3. The second-order valence-electron chi connectivity index (χ2n) is 6.35. The molecule has 4 rings (SSSR count). The van der Waals surface area contributed by atoms with Gasteiger partial charge in [0, 0.05) is 35.7 Å². The lowest BCUT2D eigenvalue weighted by Crippen LogP contribution is -2.12. The molecular formula is C23H24N4O2. The molecule has 0 saturated heterocycles. The lowest BCUT2D eigenvalue weighted by atomic mass is 10.0.